The van der Waals surface area contributed by atoms with Crippen molar-refractivity contribution < 1.29 is 0 Å². The molecule has 0 aliphatic heterocycles. The average Bonchev–Trinajstić information content (AvgIpc) is 2.81. The second kappa shape index (κ2) is 4.60. The molecule has 6 atom stereocenters. The molecule has 1 aromatic rings. The van der Waals surface area contributed by atoms with Gasteiger partial charge in [-0.3, -0.25) is 0 Å². The number of hydrogen-bond acceptors (Lipinski definition) is 1. The maximum absolute atomic E-state index is 3.90. The molecule has 0 radical (unpaired) electrons. The predicted octanol–water partition coefficient (Wildman–Crippen LogP) is 5.14. The van der Waals surface area contributed by atoms with Crippen LogP contribution in [0.15, 0.2) is 28.7 Å². The third kappa shape index (κ3) is 1.80. The molecule has 1 nitrogen and oxygen atoms in total. The molecular weight excluding hydrogens is 334 g/mol. The minimum Gasteiger partial charge on any atom is -0.310 e. The molecule has 4 aliphatic rings. The fourth-order valence-electron chi connectivity index (χ4n) is 7.07. The maximum atomic E-state index is 3.90. The van der Waals surface area contributed by atoms with Crippen molar-refractivity contribution in [1.82, 2.24) is 5.32 Å². The van der Waals surface area contributed by atoms with Gasteiger partial charge in [0.1, 0.15) is 0 Å². The van der Waals surface area contributed by atoms with Crippen molar-refractivity contribution in [3.8, 4) is 0 Å². The second-order valence-electron chi connectivity index (χ2n) is 8.85. The van der Waals surface area contributed by atoms with Crippen molar-refractivity contribution in [3.63, 3.8) is 0 Å². The first-order valence-electron chi connectivity index (χ1n) is 9.08. The minimum atomic E-state index is 0.616. The van der Waals surface area contributed by atoms with E-state index in [1.54, 1.807) is 25.7 Å². The van der Waals surface area contributed by atoms with Crippen LogP contribution in [-0.2, 0) is 6.54 Å². The molecule has 4 fully saturated rings. The van der Waals surface area contributed by atoms with Crippen molar-refractivity contribution in [2.45, 2.75) is 58.0 Å². The van der Waals surface area contributed by atoms with Crippen LogP contribution in [0.4, 0.5) is 0 Å². The van der Waals surface area contributed by atoms with Crippen molar-refractivity contribution >= 4 is 15.9 Å². The van der Waals surface area contributed by atoms with Crippen LogP contribution < -0.4 is 5.32 Å². The van der Waals surface area contributed by atoms with Crippen LogP contribution in [0.2, 0.25) is 0 Å². The summed E-state index contributed by atoms with van der Waals surface area (Å²) >= 11 is 3.59. The number of rotatable bonds is 4. The summed E-state index contributed by atoms with van der Waals surface area (Å²) in [7, 11) is 0. The Morgan fingerprint density at radius 3 is 3.00 bits per heavy atom. The zero-order valence-electron chi connectivity index (χ0n) is 13.4. The first-order valence-corrected chi connectivity index (χ1v) is 9.87. The highest BCUT2D eigenvalue weighted by atomic mass is 79.9. The summed E-state index contributed by atoms with van der Waals surface area (Å²) in [5, 5.41) is 3.90. The minimum absolute atomic E-state index is 0.616. The van der Waals surface area contributed by atoms with Crippen molar-refractivity contribution in [2.24, 2.45) is 28.6 Å². The standard InChI is InChI=1S/C20H26BrN/c1-13(22-11-14-3-2-4-18(21)6-14)19-8-15-5-16-7-17(10-19)20(16,9-15)12-19/h2-4,6,13,15-17,22H,5,7-12H2,1H3. The van der Waals surface area contributed by atoms with E-state index in [0.717, 1.165) is 29.7 Å². The van der Waals surface area contributed by atoms with Crippen molar-refractivity contribution in [2.75, 3.05) is 0 Å². The van der Waals surface area contributed by atoms with E-state index >= 15 is 0 Å². The predicted molar refractivity (Wildman–Crippen MR) is 93.5 cm³/mol. The molecule has 1 spiro atoms. The Balaban J connectivity index is 1.33. The maximum Gasteiger partial charge on any atom is 0.0208 e. The van der Waals surface area contributed by atoms with Crippen LogP contribution in [0, 0.1) is 28.6 Å². The van der Waals surface area contributed by atoms with Gasteiger partial charge in [0.15, 0.2) is 0 Å². The Bertz CT molecular complexity index is 609. The van der Waals surface area contributed by atoms with Crippen LogP contribution in [0.5, 0.6) is 0 Å². The van der Waals surface area contributed by atoms with Gasteiger partial charge < -0.3 is 5.32 Å². The molecule has 0 amide bonds. The van der Waals surface area contributed by atoms with Gasteiger partial charge in [0.25, 0.3) is 0 Å². The largest absolute Gasteiger partial charge is 0.310 e. The van der Waals surface area contributed by atoms with Gasteiger partial charge in [0, 0.05) is 17.1 Å². The molecule has 4 aliphatic carbocycles. The van der Waals surface area contributed by atoms with Gasteiger partial charge in [0.2, 0.25) is 0 Å². The fraction of sp³-hybridized carbons (Fsp3) is 0.700. The fourth-order valence-corrected chi connectivity index (χ4v) is 7.51. The van der Waals surface area contributed by atoms with Gasteiger partial charge in [-0.1, -0.05) is 28.1 Å². The van der Waals surface area contributed by atoms with E-state index in [1.807, 2.05) is 0 Å². The first-order chi connectivity index (χ1) is 10.6. The Hall–Kier alpha value is -0.340. The van der Waals surface area contributed by atoms with E-state index < -0.39 is 0 Å². The Kier molecular flexibility index (Phi) is 2.94. The number of nitrogens with one attached hydrogen (secondary N) is 1. The normalized spacial score (nSPS) is 45.6. The topological polar surface area (TPSA) is 12.0 Å². The smallest absolute Gasteiger partial charge is 0.0208 e. The molecule has 1 aromatic carbocycles. The van der Waals surface area contributed by atoms with E-state index in [2.05, 4.69) is 52.4 Å². The molecule has 0 saturated heterocycles. The molecular formula is C20H26BrN. The van der Waals surface area contributed by atoms with Crippen LogP contribution >= 0.6 is 15.9 Å². The molecule has 1 N–H and O–H groups in total. The summed E-state index contributed by atoms with van der Waals surface area (Å²) < 4.78 is 1.19. The molecule has 3 bridgehead atoms. The van der Waals surface area contributed by atoms with E-state index in [4.69, 9.17) is 0 Å². The highest BCUT2D eigenvalue weighted by Gasteiger charge is 2.71. The van der Waals surface area contributed by atoms with E-state index in [1.165, 1.54) is 22.9 Å². The molecule has 0 heterocycles. The van der Waals surface area contributed by atoms with Gasteiger partial charge in [0.05, 0.1) is 0 Å². The van der Waals surface area contributed by atoms with Crippen LogP contribution in [0.1, 0.15) is 51.0 Å². The van der Waals surface area contributed by atoms with Crippen molar-refractivity contribution in [3.05, 3.63) is 34.3 Å². The molecule has 0 aromatic heterocycles. The highest BCUT2D eigenvalue weighted by Crippen LogP contribution is 2.79. The SMILES string of the molecule is CC(NCc1cccc(Br)c1)C12CC3CC4CC(C1)C4(C3)C2. The molecule has 4 saturated carbocycles. The Morgan fingerprint density at radius 2 is 2.14 bits per heavy atom. The highest BCUT2D eigenvalue weighted by molar-refractivity contribution is 9.10. The number of benzene rings is 1. The number of halogens is 1. The molecule has 5 rings (SSSR count). The molecule has 118 valence electrons. The third-order valence-corrected chi connectivity index (χ3v) is 8.42. The first kappa shape index (κ1) is 14.0. The summed E-state index contributed by atoms with van der Waals surface area (Å²) in [5.74, 6) is 3.26. The number of hydrogen-bond donors (Lipinski definition) is 1. The Labute approximate surface area is 142 Å². The van der Waals surface area contributed by atoms with E-state index in [-0.39, 0.29) is 0 Å². The lowest BCUT2D eigenvalue weighted by atomic mass is 9.55. The lowest BCUT2D eigenvalue weighted by Crippen LogP contribution is -2.45. The summed E-state index contributed by atoms with van der Waals surface area (Å²) in [4.78, 5) is 0. The van der Waals surface area contributed by atoms with Crippen LogP contribution in [-0.4, -0.2) is 6.04 Å². The van der Waals surface area contributed by atoms with Gasteiger partial charge >= 0.3 is 0 Å². The zero-order valence-corrected chi connectivity index (χ0v) is 15.0. The second-order valence-corrected chi connectivity index (χ2v) is 9.76. The zero-order chi connectivity index (χ0) is 14.9. The van der Waals surface area contributed by atoms with Gasteiger partial charge in [-0.2, -0.15) is 0 Å². The summed E-state index contributed by atoms with van der Waals surface area (Å²) in [6.45, 7) is 3.48. The summed E-state index contributed by atoms with van der Waals surface area (Å²) in [6.07, 6.45) is 9.29. The van der Waals surface area contributed by atoms with Gasteiger partial charge in [-0.25, -0.2) is 0 Å². The third-order valence-electron chi connectivity index (χ3n) is 7.93. The van der Waals surface area contributed by atoms with E-state index in [0.29, 0.717) is 11.5 Å². The van der Waals surface area contributed by atoms with Crippen LogP contribution in [0.3, 0.4) is 0 Å². The van der Waals surface area contributed by atoms with Gasteiger partial charge in [-0.15, -0.1) is 0 Å². The van der Waals surface area contributed by atoms with Gasteiger partial charge in [-0.05, 0) is 91.7 Å². The molecule has 6 unspecified atom stereocenters. The van der Waals surface area contributed by atoms with Crippen molar-refractivity contribution in [1.29, 1.82) is 0 Å². The molecule has 22 heavy (non-hydrogen) atoms. The monoisotopic (exact) mass is 359 g/mol. The summed E-state index contributed by atoms with van der Waals surface area (Å²) in [5.41, 5.74) is 2.83. The molecule has 2 heteroatoms. The van der Waals surface area contributed by atoms with Crippen LogP contribution in [0.25, 0.3) is 0 Å². The quantitative estimate of drug-likeness (QED) is 0.784. The van der Waals surface area contributed by atoms with E-state index in [9.17, 15) is 0 Å². The average molecular weight is 360 g/mol. The summed E-state index contributed by atoms with van der Waals surface area (Å²) in [6, 6.07) is 9.40. The number of fused-ring (bicyclic) bond motifs is 2. The Morgan fingerprint density at radius 1 is 1.23 bits per heavy atom. The lowest BCUT2D eigenvalue weighted by molar-refractivity contribution is -0.00444. The lowest BCUT2D eigenvalue weighted by Gasteiger charge is -2.49.